The number of H-pyrrole nitrogens is 1. The molecule has 0 aliphatic heterocycles. The second-order valence-corrected chi connectivity index (χ2v) is 7.30. The summed E-state index contributed by atoms with van der Waals surface area (Å²) in [5.41, 5.74) is 0.709. The molecule has 0 saturated heterocycles. The lowest BCUT2D eigenvalue weighted by molar-refractivity contribution is -0.121. The van der Waals surface area contributed by atoms with E-state index in [-0.39, 0.29) is 36.0 Å². The fourth-order valence-corrected chi connectivity index (χ4v) is 2.86. The molecule has 0 atom stereocenters. The summed E-state index contributed by atoms with van der Waals surface area (Å²) in [7, 11) is 0. The molecule has 1 aliphatic carbocycles. The van der Waals surface area contributed by atoms with Crippen molar-refractivity contribution in [1.29, 1.82) is 0 Å². The average molecular weight is 370 g/mol. The third-order valence-electron chi connectivity index (χ3n) is 4.64. The van der Waals surface area contributed by atoms with Crippen LogP contribution >= 0.6 is 0 Å². The Labute approximate surface area is 158 Å². The highest BCUT2D eigenvalue weighted by atomic mass is 16.5. The molecule has 2 aromatic rings. The maximum Gasteiger partial charge on any atom is 0.273 e. The highest BCUT2D eigenvalue weighted by Crippen LogP contribution is 2.27. The largest absolute Gasteiger partial charge is 0.493 e. The van der Waals surface area contributed by atoms with Crippen molar-refractivity contribution in [1.82, 2.24) is 20.5 Å². The van der Waals surface area contributed by atoms with Crippen molar-refractivity contribution in [2.45, 2.75) is 52.0 Å². The quantitative estimate of drug-likeness (QED) is 0.744. The number of rotatable bonds is 8. The van der Waals surface area contributed by atoms with Crippen LogP contribution in [0.3, 0.4) is 0 Å². The Bertz CT molecular complexity index is 826. The molecule has 7 nitrogen and oxygen atoms in total. The van der Waals surface area contributed by atoms with Gasteiger partial charge in [-0.15, -0.1) is 10.2 Å². The first-order valence-corrected chi connectivity index (χ1v) is 9.49. The summed E-state index contributed by atoms with van der Waals surface area (Å²) < 4.78 is 5.78. The van der Waals surface area contributed by atoms with Crippen LogP contribution in [0.4, 0.5) is 0 Å². The first-order chi connectivity index (χ1) is 13.0. The molecule has 1 amide bonds. The predicted octanol–water partition coefficient (Wildman–Crippen LogP) is 2.47. The lowest BCUT2D eigenvalue weighted by Crippen LogP contribution is -2.31. The zero-order valence-electron chi connectivity index (χ0n) is 15.8. The number of aryl methyl sites for hydroxylation is 1. The SMILES string of the molecule is CC(C)NC(=O)CCc1nnc(-c2ccc(OCC3CCC3)cc2)[nH]c1=O. The summed E-state index contributed by atoms with van der Waals surface area (Å²) in [5, 5.41) is 10.9. The van der Waals surface area contributed by atoms with E-state index >= 15 is 0 Å². The van der Waals surface area contributed by atoms with Crippen molar-refractivity contribution >= 4 is 5.91 Å². The van der Waals surface area contributed by atoms with Crippen LogP contribution in [-0.4, -0.2) is 33.7 Å². The van der Waals surface area contributed by atoms with E-state index in [9.17, 15) is 9.59 Å². The molecular formula is C20H26N4O3. The van der Waals surface area contributed by atoms with Crippen molar-refractivity contribution in [3.05, 3.63) is 40.3 Å². The Morgan fingerprint density at radius 1 is 1.26 bits per heavy atom. The summed E-state index contributed by atoms with van der Waals surface area (Å²) in [6.45, 7) is 4.54. The number of benzene rings is 1. The van der Waals surface area contributed by atoms with E-state index in [4.69, 9.17) is 4.74 Å². The van der Waals surface area contributed by atoms with Crippen molar-refractivity contribution < 1.29 is 9.53 Å². The van der Waals surface area contributed by atoms with E-state index in [1.165, 1.54) is 19.3 Å². The van der Waals surface area contributed by atoms with Gasteiger partial charge in [0.05, 0.1) is 6.61 Å². The average Bonchev–Trinajstić information content (AvgIpc) is 2.59. The number of aromatic nitrogens is 3. The normalized spacial score (nSPS) is 14.0. The molecular weight excluding hydrogens is 344 g/mol. The number of hydrogen-bond acceptors (Lipinski definition) is 5. The molecule has 7 heteroatoms. The van der Waals surface area contributed by atoms with E-state index in [1.807, 2.05) is 38.1 Å². The van der Waals surface area contributed by atoms with Crippen LogP contribution in [0.25, 0.3) is 11.4 Å². The van der Waals surface area contributed by atoms with Crippen LogP contribution in [0, 0.1) is 5.92 Å². The number of ether oxygens (including phenoxy) is 1. The van der Waals surface area contributed by atoms with Gasteiger partial charge >= 0.3 is 0 Å². The van der Waals surface area contributed by atoms with Crippen LogP contribution in [0.1, 0.15) is 45.2 Å². The van der Waals surface area contributed by atoms with E-state index in [0.29, 0.717) is 11.7 Å². The number of hydrogen-bond donors (Lipinski definition) is 2. The van der Waals surface area contributed by atoms with E-state index < -0.39 is 0 Å². The van der Waals surface area contributed by atoms with Gasteiger partial charge in [-0.25, -0.2) is 0 Å². The van der Waals surface area contributed by atoms with Gasteiger partial charge in [0, 0.05) is 24.4 Å². The summed E-state index contributed by atoms with van der Waals surface area (Å²) in [5.74, 6) is 1.80. The molecule has 1 fully saturated rings. The van der Waals surface area contributed by atoms with Gasteiger partial charge in [-0.2, -0.15) is 0 Å². The molecule has 0 bridgehead atoms. The summed E-state index contributed by atoms with van der Waals surface area (Å²) >= 11 is 0. The number of carbonyl (C=O) groups is 1. The number of aromatic amines is 1. The van der Waals surface area contributed by atoms with Crippen molar-refractivity contribution in [2.24, 2.45) is 5.92 Å². The molecule has 1 heterocycles. The van der Waals surface area contributed by atoms with E-state index in [0.717, 1.165) is 17.9 Å². The van der Waals surface area contributed by atoms with Gasteiger partial charge in [-0.3, -0.25) is 9.59 Å². The highest BCUT2D eigenvalue weighted by Gasteiger charge is 2.17. The molecule has 2 N–H and O–H groups in total. The Hall–Kier alpha value is -2.70. The number of nitrogens with one attached hydrogen (secondary N) is 2. The first-order valence-electron chi connectivity index (χ1n) is 9.49. The maximum absolute atomic E-state index is 12.2. The topological polar surface area (TPSA) is 97.0 Å². The Morgan fingerprint density at radius 3 is 2.59 bits per heavy atom. The molecule has 1 aromatic carbocycles. The molecule has 0 unspecified atom stereocenters. The number of amides is 1. The zero-order valence-corrected chi connectivity index (χ0v) is 15.8. The Kier molecular flexibility index (Phi) is 6.21. The second kappa shape index (κ2) is 8.79. The van der Waals surface area contributed by atoms with Crippen LogP contribution in [0.5, 0.6) is 5.75 Å². The lowest BCUT2D eigenvalue weighted by Gasteiger charge is -2.25. The molecule has 0 spiro atoms. The molecule has 3 rings (SSSR count). The second-order valence-electron chi connectivity index (χ2n) is 7.30. The van der Waals surface area contributed by atoms with Crippen molar-refractivity contribution in [2.75, 3.05) is 6.61 Å². The fraction of sp³-hybridized carbons (Fsp3) is 0.500. The van der Waals surface area contributed by atoms with Gasteiger partial charge in [0.25, 0.3) is 5.56 Å². The standard InChI is InChI=1S/C20H26N4O3/c1-13(2)21-18(25)11-10-17-20(26)22-19(24-23-17)15-6-8-16(9-7-15)27-12-14-4-3-5-14/h6-9,13-14H,3-5,10-12H2,1-2H3,(H,21,25)(H,22,24,26). The van der Waals surface area contributed by atoms with Crippen LogP contribution < -0.4 is 15.6 Å². The minimum Gasteiger partial charge on any atom is -0.493 e. The van der Waals surface area contributed by atoms with Crippen LogP contribution in [-0.2, 0) is 11.2 Å². The molecule has 144 valence electrons. The minimum absolute atomic E-state index is 0.0740. The molecule has 1 aromatic heterocycles. The Balaban J connectivity index is 1.59. The van der Waals surface area contributed by atoms with E-state index in [1.54, 1.807) is 0 Å². The summed E-state index contributed by atoms with van der Waals surface area (Å²) in [6, 6.07) is 7.53. The van der Waals surface area contributed by atoms with Crippen LogP contribution in [0.2, 0.25) is 0 Å². The van der Waals surface area contributed by atoms with Crippen LogP contribution in [0.15, 0.2) is 29.1 Å². The summed E-state index contributed by atoms with van der Waals surface area (Å²) in [4.78, 5) is 26.7. The Morgan fingerprint density at radius 2 is 2.00 bits per heavy atom. The maximum atomic E-state index is 12.2. The smallest absolute Gasteiger partial charge is 0.273 e. The third-order valence-corrected chi connectivity index (χ3v) is 4.64. The fourth-order valence-electron chi connectivity index (χ4n) is 2.86. The molecule has 1 aliphatic rings. The summed E-state index contributed by atoms with van der Waals surface area (Å²) in [6.07, 6.45) is 4.27. The van der Waals surface area contributed by atoms with Gasteiger partial charge in [-0.05, 0) is 56.9 Å². The van der Waals surface area contributed by atoms with Gasteiger partial charge in [0.2, 0.25) is 5.91 Å². The minimum atomic E-state index is -0.317. The highest BCUT2D eigenvalue weighted by molar-refractivity contribution is 5.76. The van der Waals surface area contributed by atoms with Gasteiger partial charge < -0.3 is 15.0 Å². The van der Waals surface area contributed by atoms with Gasteiger partial charge in [0.15, 0.2) is 5.82 Å². The lowest BCUT2D eigenvalue weighted by atomic mass is 9.86. The third kappa shape index (κ3) is 5.39. The van der Waals surface area contributed by atoms with Gasteiger partial charge in [-0.1, -0.05) is 6.42 Å². The van der Waals surface area contributed by atoms with Gasteiger partial charge in [0.1, 0.15) is 11.4 Å². The zero-order chi connectivity index (χ0) is 19.2. The van der Waals surface area contributed by atoms with Crippen molar-refractivity contribution in [3.63, 3.8) is 0 Å². The first kappa shape index (κ1) is 19.1. The number of carbonyl (C=O) groups excluding carboxylic acids is 1. The number of nitrogens with zero attached hydrogens (tertiary/aromatic N) is 2. The molecule has 27 heavy (non-hydrogen) atoms. The molecule has 1 saturated carbocycles. The predicted molar refractivity (Wildman–Crippen MR) is 103 cm³/mol. The van der Waals surface area contributed by atoms with Crippen molar-refractivity contribution in [3.8, 4) is 17.1 Å². The molecule has 0 radical (unpaired) electrons. The monoisotopic (exact) mass is 370 g/mol. The van der Waals surface area contributed by atoms with E-state index in [2.05, 4.69) is 20.5 Å².